The summed E-state index contributed by atoms with van der Waals surface area (Å²) in [7, 11) is 0. The van der Waals surface area contributed by atoms with Gasteiger partial charge in [-0.15, -0.1) is 0 Å². The van der Waals surface area contributed by atoms with E-state index in [1.165, 1.54) is 6.07 Å². The first-order chi connectivity index (χ1) is 9.04. The van der Waals surface area contributed by atoms with Gasteiger partial charge in [0, 0.05) is 12.6 Å². The minimum atomic E-state index is -0.422. The van der Waals surface area contributed by atoms with Gasteiger partial charge in [0.05, 0.1) is 13.0 Å². The number of amides is 1. The van der Waals surface area contributed by atoms with Gasteiger partial charge < -0.3 is 15.8 Å². The maximum atomic E-state index is 13.7. The summed E-state index contributed by atoms with van der Waals surface area (Å²) in [5.41, 5.74) is 6.45. The zero-order chi connectivity index (χ0) is 14.3. The first kappa shape index (κ1) is 15.4. The van der Waals surface area contributed by atoms with E-state index in [-0.39, 0.29) is 30.7 Å². The van der Waals surface area contributed by atoms with Gasteiger partial charge in [-0.25, -0.2) is 4.39 Å². The van der Waals surface area contributed by atoms with Crippen LogP contribution in [0.1, 0.15) is 25.8 Å². The number of carbonyl (C=O) groups is 1. The molecule has 1 atom stereocenters. The molecule has 0 heterocycles. The Morgan fingerprint density at radius 3 is 2.89 bits per heavy atom. The third kappa shape index (κ3) is 5.26. The van der Waals surface area contributed by atoms with Gasteiger partial charge in [0.15, 0.2) is 11.6 Å². The molecule has 3 N–H and O–H groups in total. The van der Waals surface area contributed by atoms with Crippen LogP contribution in [0, 0.1) is 5.82 Å². The van der Waals surface area contributed by atoms with Crippen molar-refractivity contribution < 1.29 is 13.9 Å². The van der Waals surface area contributed by atoms with Gasteiger partial charge in [0.25, 0.3) is 0 Å². The smallest absolute Gasteiger partial charge is 0.223 e. The van der Waals surface area contributed by atoms with Crippen LogP contribution >= 0.6 is 0 Å². The number of hydrogen-bond donors (Lipinski definition) is 2. The standard InChI is InChI=1S/C14H21FN2O2/c1-3-17-13(18)7-8-19-14-11(9-10(2)16)5-4-6-12(14)15/h4-6,10H,3,7-9,16H2,1-2H3,(H,17,18). The number of nitrogens with one attached hydrogen (secondary N) is 1. The van der Waals surface area contributed by atoms with E-state index < -0.39 is 5.82 Å². The predicted molar refractivity (Wildman–Crippen MR) is 72.5 cm³/mol. The van der Waals surface area contributed by atoms with Gasteiger partial charge in [-0.05, 0) is 31.9 Å². The Bertz CT molecular complexity index is 422. The molecule has 1 amide bonds. The topological polar surface area (TPSA) is 64.3 Å². The van der Waals surface area contributed by atoms with Crippen LogP contribution in [-0.4, -0.2) is 25.1 Å². The van der Waals surface area contributed by atoms with Crippen LogP contribution in [0.5, 0.6) is 5.75 Å². The van der Waals surface area contributed by atoms with E-state index in [4.69, 9.17) is 10.5 Å². The summed E-state index contributed by atoms with van der Waals surface area (Å²) in [6.07, 6.45) is 0.744. The summed E-state index contributed by atoms with van der Waals surface area (Å²) in [6.45, 7) is 4.42. The molecule has 5 heteroatoms. The molecule has 0 aromatic heterocycles. The molecular formula is C14H21FN2O2. The van der Waals surface area contributed by atoms with E-state index in [9.17, 15) is 9.18 Å². The highest BCUT2D eigenvalue weighted by molar-refractivity contribution is 5.75. The van der Waals surface area contributed by atoms with Crippen molar-refractivity contribution in [1.82, 2.24) is 5.32 Å². The highest BCUT2D eigenvalue weighted by atomic mass is 19.1. The molecule has 1 rings (SSSR count). The molecule has 1 aromatic carbocycles. The van der Waals surface area contributed by atoms with Crippen molar-refractivity contribution in [3.05, 3.63) is 29.6 Å². The lowest BCUT2D eigenvalue weighted by Gasteiger charge is -2.13. The Balaban J connectivity index is 2.63. The Kier molecular flexibility index (Phi) is 6.29. The molecule has 0 radical (unpaired) electrons. The zero-order valence-electron chi connectivity index (χ0n) is 11.4. The summed E-state index contributed by atoms with van der Waals surface area (Å²) < 4.78 is 19.1. The summed E-state index contributed by atoms with van der Waals surface area (Å²) >= 11 is 0. The molecule has 0 spiro atoms. The van der Waals surface area contributed by atoms with Crippen LogP contribution in [-0.2, 0) is 11.2 Å². The van der Waals surface area contributed by atoms with Crippen LogP contribution in [0.15, 0.2) is 18.2 Å². The molecule has 1 aromatic rings. The summed E-state index contributed by atoms with van der Waals surface area (Å²) in [6, 6.07) is 4.68. The minimum Gasteiger partial charge on any atom is -0.490 e. The van der Waals surface area contributed by atoms with Crippen LogP contribution in [0.25, 0.3) is 0 Å². The lowest BCUT2D eigenvalue weighted by molar-refractivity contribution is -0.121. The average Bonchev–Trinajstić information content (AvgIpc) is 2.32. The molecule has 19 heavy (non-hydrogen) atoms. The molecule has 0 aliphatic rings. The first-order valence-electron chi connectivity index (χ1n) is 6.47. The summed E-state index contributed by atoms with van der Waals surface area (Å²) in [4.78, 5) is 11.3. The molecule has 106 valence electrons. The normalized spacial score (nSPS) is 12.0. The van der Waals surface area contributed by atoms with E-state index in [2.05, 4.69) is 5.32 Å². The van der Waals surface area contributed by atoms with Crippen molar-refractivity contribution in [2.45, 2.75) is 32.7 Å². The maximum Gasteiger partial charge on any atom is 0.223 e. The number of hydrogen-bond acceptors (Lipinski definition) is 3. The Morgan fingerprint density at radius 2 is 2.26 bits per heavy atom. The second-order valence-electron chi connectivity index (χ2n) is 4.46. The van der Waals surface area contributed by atoms with Crippen molar-refractivity contribution in [2.24, 2.45) is 5.73 Å². The van der Waals surface area contributed by atoms with E-state index in [1.807, 2.05) is 13.8 Å². The van der Waals surface area contributed by atoms with Crippen molar-refractivity contribution in [3.8, 4) is 5.75 Å². The number of halogens is 1. The largest absolute Gasteiger partial charge is 0.490 e. The van der Waals surface area contributed by atoms with Crippen LogP contribution in [0.3, 0.4) is 0 Å². The van der Waals surface area contributed by atoms with Crippen LogP contribution in [0.4, 0.5) is 4.39 Å². The fourth-order valence-electron chi connectivity index (χ4n) is 1.75. The highest BCUT2D eigenvalue weighted by Crippen LogP contribution is 2.23. The van der Waals surface area contributed by atoms with E-state index in [1.54, 1.807) is 12.1 Å². The fraction of sp³-hybridized carbons (Fsp3) is 0.500. The zero-order valence-corrected chi connectivity index (χ0v) is 11.4. The number of nitrogens with two attached hydrogens (primary N) is 1. The van der Waals surface area contributed by atoms with Crippen LogP contribution < -0.4 is 15.8 Å². The van der Waals surface area contributed by atoms with Gasteiger partial charge in [-0.2, -0.15) is 0 Å². The van der Waals surface area contributed by atoms with Crippen LogP contribution in [0.2, 0.25) is 0 Å². The quantitative estimate of drug-likeness (QED) is 0.790. The molecule has 0 bridgehead atoms. The predicted octanol–water partition coefficient (Wildman–Crippen LogP) is 1.62. The minimum absolute atomic E-state index is 0.0764. The number of rotatable bonds is 7. The summed E-state index contributed by atoms with van der Waals surface area (Å²) in [5, 5.41) is 2.66. The summed E-state index contributed by atoms with van der Waals surface area (Å²) in [5.74, 6) is -0.328. The Labute approximate surface area is 113 Å². The molecule has 0 saturated carbocycles. The van der Waals surface area contributed by atoms with Crippen molar-refractivity contribution in [2.75, 3.05) is 13.2 Å². The van der Waals surface area contributed by atoms with Gasteiger partial charge in [0.1, 0.15) is 0 Å². The third-order valence-electron chi connectivity index (χ3n) is 2.54. The van der Waals surface area contributed by atoms with E-state index in [0.29, 0.717) is 13.0 Å². The highest BCUT2D eigenvalue weighted by Gasteiger charge is 2.12. The number of carbonyl (C=O) groups excluding carboxylic acids is 1. The maximum absolute atomic E-state index is 13.7. The lowest BCUT2D eigenvalue weighted by atomic mass is 10.1. The third-order valence-corrected chi connectivity index (χ3v) is 2.54. The molecule has 0 saturated heterocycles. The van der Waals surface area contributed by atoms with Gasteiger partial charge in [-0.3, -0.25) is 4.79 Å². The fourth-order valence-corrected chi connectivity index (χ4v) is 1.75. The second-order valence-corrected chi connectivity index (χ2v) is 4.46. The molecule has 0 aliphatic heterocycles. The second kappa shape index (κ2) is 7.74. The lowest BCUT2D eigenvalue weighted by Crippen LogP contribution is -2.24. The number of benzene rings is 1. The van der Waals surface area contributed by atoms with E-state index >= 15 is 0 Å². The first-order valence-corrected chi connectivity index (χ1v) is 6.47. The van der Waals surface area contributed by atoms with E-state index in [0.717, 1.165) is 5.56 Å². The van der Waals surface area contributed by atoms with Gasteiger partial charge in [-0.1, -0.05) is 12.1 Å². The molecule has 0 aliphatic carbocycles. The van der Waals surface area contributed by atoms with Crippen molar-refractivity contribution in [3.63, 3.8) is 0 Å². The number of para-hydroxylation sites is 1. The Hall–Kier alpha value is -1.62. The molecule has 0 fully saturated rings. The molecule has 4 nitrogen and oxygen atoms in total. The number of ether oxygens (including phenoxy) is 1. The average molecular weight is 268 g/mol. The van der Waals surface area contributed by atoms with Crippen molar-refractivity contribution >= 4 is 5.91 Å². The SMILES string of the molecule is CCNC(=O)CCOc1c(F)cccc1CC(C)N. The van der Waals surface area contributed by atoms with Crippen molar-refractivity contribution in [1.29, 1.82) is 0 Å². The Morgan fingerprint density at radius 1 is 1.53 bits per heavy atom. The van der Waals surface area contributed by atoms with Gasteiger partial charge in [0.2, 0.25) is 5.91 Å². The molecule has 1 unspecified atom stereocenters. The molecular weight excluding hydrogens is 247 g/mol. The monoisotopic (exact) mass is 268 g/mol. The van der Waals surface area contributed by atoms with Gasteiger partial charge >= 0.3 is 0 Å².